The van der Waals surface area contributed by atoms with Gasteiger partial charge in [-0.3, -0.25) is 14.9 Å². The summed E-state index contributed by atoms with van der Waals surface area (Å²) in [7, 11) is 0. The van der Waals surface area contributed by atoms with Gasteiger partial charge in [-0.25, -0.2) is 0 Å². The highest BCUT2D eigenvalue weighted by atomic mass is 16.6. The van der Waals surface area contributed by atoms with E-state index in [9.17, 15) is 14.9 Å². The Balaban J connectivity index is 1.98. The molecule has 0 atom stereocenters. The maximum absolute atomic E-state index is 12.4. The van der Waals surface area contributed by atoms with Gasteiger partial charge in [0.25, 0.3) is 5.91 Å². The number of rotatable bonds is 6. The maximum Gasteiger partial charge on any atom is 0.310 e. The van der Waals surface area contributed by atoms with E-state index in [4.69, 9.17) is 4.74 Å². The first-order chi connectivity index (χ1) is 10.6. The fraction of sp³-hybridized carbons (Fsp3) is 0.562. The number of hydrogen-bond donors (Lipinski definition) is 0. The number of amides is 1. The minimum absolute atomic E-state index is 0.104. The molecule has 0 heterocycles. The highest BCUT2D eigenvalue weighted by molar-refractivity contribution is 5.78. The van der Waals surface area contributed by atoms with E-state index in [0.29, 0.717) is 6.54 Å². The lowest BCUT2D eigenvalue weighted by molar-refractivity contribution is -0.385. The summed E-state index contributed by atoms with van der Waals surface area (Å²) in [4.78, 5) is 24.6. The van der Waals surface area contributed by atoms with Gasteiger partial charge in [-0.15, -0.1) is 0 Å². The highest BCUT2D eigenvalue weighted by Gasteiger charge is 2.25. The molecule has 0 saturated heterocycles. The van der Waals surface area contributed by atoms with E-state index in [2.05, 4.69) is 0 Å². The average Bonchev–Trinajstić information content (AvgIpc) is 2.55. The molecule has 1 aromatic carbocycles. The Hall–Kier alpha value is -2.11. The Morgan fingerprint density at radius 2 is 2.00 bits per heavy atom. The van der Waals surface area contributed by atoms with Gasteiger partial charge in [-0.1, -0.05) is 31.4 Å². The Morgan fingerprint density at radius 1 is 1.32 bits per heavy atom. The lowest BCUT2D eigenvalue weighted by Crippen LogP contribution is -2.43. The van der Waals surface area contributed by atoms with Gasteiger partial charge in [0.2, 0.25) is 0 Å². The van der Waals surface area contributed by atoms with E-state index < -0.39 is 4.92 Å². The molecule has 0 aromatic heterocycles. The second-order valence-corrected chi connectivity index (χ2v) is 5.49. The van der Waals surface area contributed by atoms with E-state index in [-0.39, 0.29) is 30.0 Å². The molecule has 2 rings (SSSR count). The summed E-state index contributed by atoms with van der Waals surface area (Å²) < 4.78 is 5.40. The summed E-state index contributed by atoms with van der Waals surface area (Å²) in [5.74, 6) is 0.0353. The topological polar surface area (TPSA) is 72.7 Å². The van der Waals surface area contributed by atoms with Gasteiger partial charge in [-0.2, -0.15) is 0 Å². The van der Waals surface area contributed by atoms with Crippen LogP contribution in [0.5, 0.6) is 5.75 Å². The van der Waals surface area contributed by atoms with Gasteiger partial charge < -0.3 is 9.64 Å². The van der Waals surface area contributed by atoms with Crippen molar-refractivity contribution in [2.75, 3.05) is 13.2 Å². The van der Waals surface area contributed by atoms with Crippen LogP contribution in [0, 0.1) is 10.1 Å². The molecule has 1 saturated carbocycles. The first-order valence-electron chi connectivity index (χ1n) is 7.79. The molecular formula is C16H22N2O4. The fourth-order valence-electron chi connectivity index (χ4n) is 2.98. The second kappa shape index (κ2) is 7.77. The minimum Gasteiger partial charge on any atom is -0.477 e. The zero-order valence-corrected chi connectivity index (χ0v) is 12.9. The molecule has 1 aliphatic carbocycles. The van der Waals surface area contributed by atoms with Crippen molar-refractivity contribution in [3.63, 3.8) is 0 Å². The van der Waals surface area contributed by atoms with E-state index in [1.807, 2.05) is 11.8 Å². The molecule has 6 nitrogen and oxygen atoms in total. The summed E-state index contributed by atoms with van der Waals surface area (Å²) in [6.45, 7) is 2.44. The number of nitro groups is 1. The first kappa shape index (κ1) is 16.3. The quantitative estimate of drug-likeness (QED) is 0.598. The third kappa shape index (κ3) is 3.96. The third-order valence-corrected chi connectivity index (χ3v) is 4.09. The van der Waals surface area contributed by atoms with Crippen molar-refractivity contribution in [2.24, 2.45) is 0 Å². The van der Waals surface area contributed by atoms with Crippen LogP contribution >= 0.6 is 0 Å². The molecule has 0 N–H and O–H groups in total. The number of hydrogen-bond acceptors (Lipinski definition) is 4. The van der Waals surface area contributed by atoms with Gasteiger partial charge in [0.1, 0.15) is 0 Å². The summed E-state index contributed by atoms with van der Waals surface area (Å²) in [6, 6.07) is 6.40. The van der Waals surface area contributed by atoms with Crippen molar-refractivity contribution in [1.82, 2.24) is 4.90 Å². The van der Waals surface area contributed by atoms with Crippen LogP contribution in [0.25, 0.3) is 0 Å². The van der Waals surface area contributed by atoms with Gasteiger partial charge >= 0.3 is 5.69 Å². The lowest BCUT2D eigenvalue weighted by Gasteiger charge is -2.33. The normalized spacial score (nSPS) is 15.3. The van der Waals surface area contributed by atoms with E-state index in [0.717, 1.165) is 25.7 Å². The second-order valence-electron chi connectivity index (χ2n) is 5.49. The van der Waals surface area contributed by atoms with Crippen LogP contribution in [-0.2, 0) is 4.79 Å². The highest BCUT2D eigenvalue weighted by Crippen LogP contribution is 2.26. The number of likely N-dealkylation sites (N-methyl/N-ethyl adjacent to an activating group) is 1. The van der Waals surface area contributed by atoms with E-state index in [1.165, 1.54) is 18.6 Å². The fourth-order valence-corrected chi connectivity index (χ4v) is 2.98. The smallest absolute Gasteiger partial charge is 0.310 e. The summed E-state index contributed by atoms with van der Waals surface area (Å²) in [5, 5.41) is 10.9. The van der Waals surface area contributed by atoms with Crippen molar-refractivity contribution in [3.05, 3.63) is 34.4 Å². The maximum atomic E-state index is 12.4. The van der Waals surface area contributed by atoms with Crippen molar-refractivity contribution in [2.45, 2.75) is 45.1 Å². The summed E-state index contributed by atoms with van der Waals surface area (Å²) in [6.07, 6.45) is 5.60. The molecule has 0 radical (unpaired) electrons. The van der Waals surface area contributed by atoms with Crippen LogP contribution in [0.1, 0.15) is 39.0 Å². The van der Waals surface area contributed by atoms with Gasteiger partial charge in [0.15, 0.2) is 12.4 Å². The molecule has 1 amide bonds. The summed E-state index contributed by atoms with van der Waals surface area (Å²) >= 11 is 0. The van der Waals surface area contributed by atoms with Crippen LogP contribution < -0.4 is 4.74 Å². The Kier molecular flexibility index (Phi) is 5.75. The van der Waals surface area contributed by atoms with Crippen LogP contribution in [0.15, 0.2) is 24.3 Å². The first-order valence-corrected chi connectivity index (χ1v) is 7.79. The SMILES string of the molecule is CCN(C(=O)COc1ccccc1[N+](=O)[O-])C1CCCCC1. The van der Waals surface area contributed by atoms with Crippen molar-refractivity contribution >= 4 is 11.6 Å². The lowest BCUT2D eigenvalue weighted by atomic mass is 9.94. The van der Waals surface area contributed by atoms with Gasteiger partial charge in [-0.05, 0) is 25.8 Å². The Bertz CT molecular complexity index is 527. The van der Waals surface area contributed by atoms with Crippen LogP contribution in [0.2, 0.25) is 0 Å². The number of benzene rings is 1. The zero-order valence-electron chi connectivity index (χ0n) is 12.9. The van der Waals surface area contributed by atoms with Crippen molar-refractivity contribution < 1.29 is 14.5 Å². The van der Waals surface area contributed by atoms with Crippen molar-refractivity contribution in [3.8, 4) is 5.75 Å². The number of nitro benzene ring substituents is 1. The van der Waals surface area contributed by atoms with Crippen molar-refractivity contribution in [1.29, 1.82) is 0 Å². The number of carbonyl (C=O) groups excluding carboxylic acids is 1. The van der Waals surface area contributed by atoms with Crippen LogP contribution in [0.3, 0.4) is 0 Å². The molecule has 0 spiro atoms. The minimum atomic E-state index is -0.501. The van der Waals surface area contributed by atoms with Crippen LogP contribution in [0.4, 0.5) is 5.69 Å². The molecule has 1 fully saturated rings. The molecule has 0 aliphatic heterocycles. The Morgan fingerprint density at radius 3 is 2.64 bits per heavy atom. The predicted octanol–water partition coefficient (Wildman–Crippen LogP) is 3.15. The van der Waals surface area contributed by atoms with Crippen LogP contribution in [-0.4, -0.2) is 34.9 Å². The number of nitrogens with zero attached hydrogens (tertiary/aromatic N) is 2. The molecule has 6 heteroatoms. The number of para-hydroxylation sites is 2. The standard InChI is InChI=1S/C16H22N2O4/c1-2-17(13-8-4-3-5-9-13)16(19)12-22-15-11-7-6-10-14(15)18(20)21/h6-7,10-11,13H,2-5,8-9,12H2,1H3. The average molecular weight is 306 g/mol. The molecule has 120 valence electrons. The Labute approximate surface area is 130 Å². The molecule has 0 unspecified atom stereocenters. The predicted molar refractivity (Wildman–Crippen MR) is 82.9 cm³/mol. The molecule has 1 aliphatic rings. The van der Waals surface area contributed by atoms with Gasteiger partial charge in [0.05, 0.1) is 4.92 Å². The monoisotopic (exact) mass is 306 g/mol. The zero-order chi connectivity index (χ0) is 15.9. The summed E-state index contributed by atoms with van der Waals surface area (Å²) in [5.41, 5.74) is -0.115. The molecular weight excluding hydrogens is 284 g/mol. The number of ether oxygens (including phenoxy) is 1. The number of carbonyl (C=O) groups is 1. The van der Waals surface area contributed by atoms with E-state index in [1.54, 1.807) is 12.1 Å². The largest absolute Gasteiger partial charge is 0.477 e. The van der Waals surface area contributed by atoms with E-state index >= 15 is 0 Å². The third-order valence-electron chi connectivity index (χ3n) is 4.09. The molecule has 1 aromatic rings. The molecule has 0 bridgehead atoms. The van der Waals surface area contributed by atoms with Gasteiger partial charge in [0, 0.05) is 18.7 Å². The molecule has 22 heavy (non-hydrogen) atoms.